The van der Waals surface area contributed by atoms with Gasteiger partial charge in [-0.15, -0.1) is 56.7 Å². The molecular weight excluding hydrogens is 861 g/mol. The van der Waals surface area contributed by atoms with Crippen LogP contribution in [0.5, 0.6) is 0 Å². The van der Waals surface area contributed by atoms with E-state index < -0.39 is 0 Å². The molecule has 0 N–H and O–H groups in total. The lowest BCUT2D eigenvalue weighted by Crippen LogP contribution is -1.95. The fourth-order valence-electron chi connectivity index (χ4n) is 9.55. The van der Waals surface area contributed by atoms with Crippen molar-refractivity contribution in [3.63, 3.8) is 0 Å². The Balaban J connectivity index is 0.959. The minimum absolute atomic E-state index is 1.16. The van der Waals surface area contributed by atoms with Gasteiger partial charge >= 0.3 is 0 Å². The van der Waals surface area contributed by atoms with Crippen LogP contribution in [0.3, 0.4) is 0 Å². The van der Waals surface area contributed by atoms with Crippen LogP contribution < -0.4 is 0 Å². The van der Waals surface area contributed by atoms with Gasteiger partial charge in [-0.1, -0.05) is 125 Å². The highest BCUT2D eigenvalue weighted by molar-refractivity contribution is 7.30. The third kappa shape index (κ3) is 7.56. The van der Waals surface area contributed by atoms with E-state index in [0.717, 1.165) is 12.8 Å². The number of fused-ring (bicyclic) bond motifs is 6. The van der Waals surface area contributed by atoms with E-state index in [9.17, 15) is 0 Å². The van der Waals surface area contributed by atoms with E-state index in [2.05, 4.69) is 180 Å². The topological polar surface area (TPSA) is 9.86 Å². The molecule has 0 amide bonds. The molecule has 0 radical (unpaired) electrons. The number of hydrogen-bond donors (Lipinski definition) is 0. The molecular formula is C56H50N2S5. The van der Waals surface area contributed by atoms with Crippen molar-refractivity contribution >= 4 is 100 Å². The molecule has 0 spiro atoms. The van der Waals surface area contributed by atoms with Gasteiger partial charge in [0.05, 0.1) is 22.1 Å². The minimum atomic E-state index is 1.16. The third-order valence-corrected chi connectivity index (χ3v) is 18.9. The molecule has 7 aromatic heterocycles. The summed E-state index contributed by atoms with van der Waals surface area (Å²) in [4.78, 5) is 11.2. The van der Waals surface area contributed by atoms with Crippen LogP contribution in [0.1, 0.15) is 76.3 Å². The Morgan fingerprint density at radius 2 is 0.651 bits per heavy atom. The smallest absolute Gasteiger partial charge is 0.101 e. The summed E-state index contributed by atoms with van der Waals surface area (Å²) in [6.45, 7) is 4.65. The zero-order valence-electron chi connectivity index (χ0n) is 35.9. The van der Waals surface area contributed by atoms with Gasteiger partial charge in [-0.2, -0.15) is 0 Å². The number of thiophene rings is 5. The number of benzene rings is 4. The molecule has 0 fully saturated rings. The van der Waals surface area contributed by atoms with Crippen LogP contribution in [0.25, 0.3) is 92.6 Å². The van der Waals surface area contributed by atoms with Gasteiger partial charge in [0.25, 0.3) is 0 Å². The maximum absolute atomic E-state index is 2.45. The van der Waals surface area contributed by atoms with E-state index >= 15 is 0 Å². The highest BCUT2D eigenvalue weighted by Crippen LogP contribution is 2.51. The van der Waals surface area contributed by atoms with Crippen molar-refractivity contribution < 1.29 is 0 Å². The van der Waals surface area contributed by atoms with Gasteiger partial charge in [-0.05, 0) is 110 Å². The Hall–Kier alpha value is -5.02. The van der Waals surface area contributed by atoms with Gasteiger partial charge < -0.3 is 9.13 Å². The van der Waals surface area contributed by atoms with Crippen LogP contribution in [0.15, 0.2) is 146 Å². The zero-order chi connectivity index (χ0) is 42.3. The molecule has 0 aliphatic heterocycles. The van der Waals surface area contributed by atoms with E-state index in [1.165, 1.54) is 144 Å². The second kappa shape index (κ2) is 17.9. The van der Waals surface area contributed by atoms with Crippen molar-refractivity contribution in [3.8, 4) is 49.0 Å². The van der Waals surface area contributed by atoms with Crippen molar-refractivity contribution in [1.82, 2.24) is 9.13 Å². The Morgan fingerprint density at radius 1 is 0.317 bits per heavy atom. The van der Waals surface area contributed by atoms with Crippen LogP contribution in [0.4, 0.5) is 0 Å². The van der Waals surface area contributed by atoms with Crippen LogP contribution in [0, 0.1) is 0 Å². The largest absolute Gasteiger partial charge is 0.301 e. The van der Waals surface area contributed by atoms with Gasteiger partial charge in [-0.3, -0.25) is 0 Å². The number of unbranched alkanes of at least 4 members (excludes halogenated alkanes) is 6. The summed E-state index contributed by atoms with van der Waals surface area (Å²) in [6, 6.07) is 54.3. The SMILES string of the molecule is CCCCCCc1c(-c2ccc(-c3ccc(-n4c5ccccc5c5ccccc54)s3)s2)sc(-c2ccc(-c3ccc(-n4c5ccccc5c5ccccc54)s3)s2)c1CCCCCC. The summed E-state index contributed by atoms with van der Waals surface area (Å²) in [5.41, 5.74) is 8.31. The predicted molar refractivity (Wildman–Crippen MR) is 282 cm³/mol. The summed E-state index contributed by atoms with van der Waals surface area (Å²) in [5.74, 6) is 0. The maximum atomic E-state index is 2.45. The molecule has 0 atom stereocenters. The first-order valence-corrected chi connectivity index (χ1v) is 26.8. The van der Waals surface area contributed by atoms with Crippen molar-refractivity contribution in [2.45, 2.75) is 78.1 Å². The third-order valence-electron chi connectivity index (χ3n) is 12.6. The van der Waals surface area contributed by atoms with Gasteiger partial charge in [0.1, 0.15) is 10.0 Å². The number of nitrogens with zero attached hydrogens (tertiary/aromatic N) is 2. The molecule has 2 nitrogen and oxygen atoms in total. The first-order valence-electron chi connectivity index (χ1n) is 22.7. The van der Waals surface area contributed by atoms with E-state index in [1.54, 1.807) is 11.1 Å². The molecule has 0 aliphatic rings. The average molecular weight is 911 g/mol. The van der Waals surface area contributed by atoms with Crippen LogP contribution in [-0.2, 0) is 12.8 Å². The summed E-state index contributed by atoms with van der Waals surface area (Å²) in [5, 5.41) is 7.77. The Kier molecular flexibility index (Phi) is 11.6. The average Bonchev–Trinajstić information content (AvgIpc) is 4.19. The molecule has 4 aromatic carbocycles. The fourth-order valence-corrected chi connectivity index (χ4v) is 15.5. The molecule has 7 heterocycles. The molecule has 7 heteroatoms. The summed E-state index contributed by atoms with van der Waals surface area (Å²) in [7, 11) is 0. The molecule has 11 aromatic rings. The number of para-hydroxylation sites is 4. The van der Waals surface area contributed by atoms with E-state index in [0.29, 0.717) is 0 Å². The minimum Gasteiger partial charge on any atom is -0.301 e. The Bertz CT molecular complexity index is 3020. The number of hydrogen-bond acceptors (Lipinski definition) is 5. The lowest BCUT2D eigenvalue weighted by Gasteiger charge is -2.09. The fraction of sp³-hybridized carbons (Fsp3) is 0.214. The quantitative estimate of drug-likeness (QED) is 0.0855. The van der Waals surface area contributed by atoms with E-state index in [4.69, 9.17) is 0 Å². The number of aromatic nitrogens is 2. The summed E-state index contributed by atoms with van der Waals surface area (Å²) >= 11 is 9.85. The van der Waals surface area contributed by atoms with Crippen LogP contribution in [0.2, 0.25) is 0 Å². The maximum Gasteiger partial charge on any atom is 0.101 e. The monoisotopic (exact) mass is 910 g/mol. The normalized spacial score (nSPS) is 12.0. The van der Waals surface area contributed by atoms with Crippen molar-refractivity contribution in [2.75, 3.05) is 0 Å². The Morgan fingerprint density at radius 3 is 1.03 bits per heavy atom. The van der Waals surface area contributed by atoms with Gasteiger partial charge in [-0.25, -0.2) is 0 Å². The molecule has 0 aliphatic carbocycles. The van der Waals surface area contributed by atoms with Crippen molar-refractivity contribution in [3.05, 3.63) is 157 Å². The van der Waals surface area contributed by atoms with Crippen molar-refractivity contribution in [1.29, 1.82) is 0 Å². The summed E-state index contributed by atoms with van der Waals surface area (Å²) < 4.78 is 4.91. The van der Waals surface area contributed by atoms with Gasteiger partial charge in [0.15, 0.2) is 0 Å². The highest BCUT2D eigenvalue weighted by atomic mass is 32.1. The second-order valence-electron chi connectivity index (χ2n) is 16.7. The van der Waals surface area contributed by atoms with E-state index in [-0.39, 0.29) is 0 Å². The molecule has 0 unspecified atom stereocenters. The number of rotatable bonds is 16. The lowest BCUT2D eigenvalue weighted by atomic mass is 9.96. The first kappa shape index (κ1) is 40.7. The molecule has 0 saturated carbocycles. The highest BCUT2D eigenvalue weighted by Gasteiger charge is 2.24. The molecule has 0 bridgehead atoms. The predicted octanol–water partition coefficient (Wildman–Crippen LogP) is 19.1. The lowest BCUT2D eigenvalue weighted by molar-refractivity contribution is 0.653. The van der Waals surface area contributed by atoms with Gasteiger partial charge in [0, 0.05) is 60.6 Å². The van der Waals surface area contributed by atoms with Crippen molar-refractivity contribution in [2.24, 2.45) is 0 Å². The molecule has 63 heavy (non-hydrogen) atoms. The zero-order valence-corrected chi connectivity index (χ0v) is 39.9. The molecule has 0 saturated heterocycles. The summed E-state index contributed by atoms with van der Waals surface area (Å²) in [6.07, 6.45) is 12.5. The second-order valence-corrected chi connectivity index (χ2v) is 22.0. The van der Waals surface area contributed by atoms with Gasteiger partial charge in [0.2, 0.25) is 0 Å². The Labute approximate surface area is 390 Å². The van der Waals surface area contributed by atoms with Crippen LogP contribution in [-0.4, -0.2) is 9.13 Å². The van der Waals surface area contributed by atoms with Crippen LogP contribution >= 0.6 is 56.7 Å². The molecule has 11 rings (SSSR count). The standard InChI is InChI=1S/C56H50N2S5/c1-3-5-7-9-23-41-42(24-10-8-6-4-2)56(52-32-30-48(60-52)50-34-36-54(62-50)58-45-27-17-13-21-39(45)40-22-14-18-28-46(40)58)63-55(41)51-31-29-47(59-51)49-33-35-53(61-49)57-43-25-15-11-19-37(43)38-20-12-16-26-44(38)57/h11-22,25-36H,3-10,23-24H2,1-2H3. The molecule has 314 valence electrons. The first-order chi connectivity index (χ1) is 31.2. The van der Waals surface area contributed by atoms with E-state index in [1.807, 2.05) is 45.3 Å².